The molecular formula is C9H10N2O2S. The molecule has 0 amide bonds. The van der Waals surface area contributed by atoms with Crippen LogP contribution < -0.4 is 0 Å². The van der Waals surface area contributed by atoms with Crippen LogP contribution >= 0.6 is 12.2 Å². The molecular weight excluding hydrogens is 200 g/mol. The first-order valence-corrected chi connectivity index (χ1v) is 4.87. The van der Waals surface area contributed by atoms with E-state index in [4.69, 9.17) is 17.3 Å². The summed E-state index contributed by atoms with van der Waals surface area (Å²) in [5.74, 6) is -0.660. The molecule has 0 saturated heterocycles. The summed E-state index contributed by atoms with van der Waals surface area (Å²) in [4.78, 5) is 17.6. The van der Waals surface area contributed by atoms with Crippen molar-refractivity contribution in [3.8, 4) is 0 Å². The molecule has 4 nitrogen and oxygen atoms in total. The van der Waals surface area contributed by atoms with Crippen LogP contribution in [-0.4, -0.2) is 21.0 Å². The lowest BCUT2D eigenvalue weighted by Crippen LogP contribution is -2.03. The first-order chi connectivity index (χ1) is 6.66. The highest BCUT2D eigenvalue weighted by Gasteiger charge is 2.25. The molecule has 1 aliphatic rings. The summed E-state index contributed by atoms with van der Waals surface area (Å²) in [5.41, 5.74) is 2.07. The third-order valence-electron chi connectivity index (χ3n) is 2.53. The largest absolute Gasteiger partial charge is 0.481 e. The van der Waals surface area contributed by atoms with Crippen molar-refractivity contribution in [2.75, 3.05) is 0 Å². The van der Waals surface area contributed by atoms with Crippen molar-refractivity contribution in [2.45, 2.75) is 25.2 Å². The summed E-state index contributed by atoms with van der Waals surface area (Å²) in [6, 6.07) is 0. The number of aliphatic carboxylic acids is 1. The number of nitrogens with one attached hydrogen (secondary N) is 1. The van der Waals surface area contributed by atoms with Crippen molar-refractivity contribution in [3.63, 3.8) is 0 Å². The zero-order valence-corrected chi connectivity index (χ0v) is 8.30. The number of aromatic amines is 1. The Morgan fingerprint density at radius 3 is 3.29 bits per heavy atom. The monoisotopic (exact) mass is 210 g/mol. The highest BCUT2D eigenvalue weighted by Crippen LogP contribution is 2.33. The molecule has 74 valence electrons. The SMILES string of the molecule is O=C(O)CC1CCc2[nH]c(=S)ncc21. The minimum atomic E-state index is -0.759. The maximum atomic E-state index is 10.6. The van der Waals surface area contributed by atoms with Gasteiger partial charge in [0.2, 0.25) is 0 Å². The number of aromatic nitrogens is 2. The number of hydrogen-bond acceptors (Lipinski definition) is 3. The van der Waals surface area contributed by atoms with Crippen LogP contribution in [0.15, 0.2) is 6.20 Å². The van der Waals surface area contributed by atoms with Gasteiger partial charge in [0, 0.05) is 11.9 Å². The molecule has 0 radical (unpaired) electrons. The van der Waals surface area contributed by atoms with E-state index < -0.39 is 5.97 Å². The minimum absolute atomic E-state index is 0.0989. The Morgan fingerprint density at radius 2 is 2.57 bits per heavy atom. The number of carboxylic acids is 1. The Bertz CT molecular complexity index is 427. The maximum absolute atomic E-state index is 10.6. The van der Waals surface area contributed by atoms with Crippen LogP contribution in [0.25, 0.3) is 0 Å². The van der Waals surface area contributed by atoms with Crippen molar-refractivity contribution in [3.05, 3.63) is 22.2 Å². The van der Waals surface area contributed by atoms with Gasteiger partial charge < -0.3 is 10.1 Å². The summed E-state index contributed by atoms with van der Waals surface area (Å²) in [6.45, 7) is 0. The Kier molecular flexibility index (Phi) is 2.33. The third kappa shape index (κ3) is 1.68. The van der Waals surface area contributed by atoms with Crippen LogP contribution in [0.2, 0.25) is 0 Å². The van der Waals surface area contributed by atoms with E-state index in [-0.39, 0.29) is 12.3 Å². The average molecular weight is 210 g/mol. The Hall–Kier alpha value is -1.23. The van der Waals surface area contributed by atoms with E-state index in [1.54, 1.807) is 6.20 Å². The van der Waals surface area contributed by atoms with Gasteiger partial charge in [0.05, 0.1) is 6.42 Å². The predicted octanol–water partition coefficient (Wildman–Crippen LogP) is 1.64. The lowest BCUT2D eigenvalue weighted by atomic mass is 10.0. The van der Waals surface area contributed by atoms with E-state index in [1.165, 1.54) is 0 Å². The number of nitrogens with zero attached hydrogens (tertiary/aromatic N) is 1. The molecule has 0 spiro atoms. The Balaban J connectivity index is 2.31. The first kappa shape index (κ1) is 9.33. The summed E-state index contributed by atoms with van der Waals surface area (Å²) in [6.07, 6.45) is 3.63. The van der Waals surface area contributed by atoms with E-state index in [9.17, 15) is 4.79 Å². The summed E-state index contributed by atoms with van der Waals surface area (Å²) < 4.78 is 0.472. The number of hydrogen-bond donors (Lipinski definition) is 2. The molecule has 0 aliphatic heterocycles. The van der Waals surface area contributed by atoms with Crippen molar-refractivity contribution < 1.29 is 9.90 Å². The van der Waals surface area contributed by atoms with Crippen molar-refractivity contribution in [1.29, 1.82) is 0 Å². The van der Waals surface area contributed by atoms with Crippen LogP contribution in [0.5, 0.6) is 0 Å². The normalized spacial score (nSPS) is 19.3. The second-order valence-corrected chi connectivity index (χ2v) is 3.84. The molecule has 1 aromatic rings. The summed E-state index contributed by atoms with van der Waals surface area (Å²) >= 11 is 4.90. The molecule has 1 aliphatic carbocycles. The number of fused-ring (bicyclic) bond motifs is 1. The van der Waals surface area contributed by atoms with Crippen LogP contribution in [0.1, 0.15) is 30.0 Å². The molecule has 0 bridgehead atoms. The highest BCUT2D eigenvalue weighted by atomic mass is 32.1. The Labute approximate surface area is 86.0 Å². The van der Waals surface area contributed by atoms with Gasteiger partial charge in [-0.05, 0) is 36.5 Å². The van der Waals surface area contributed by atoms with Gasteiger partial charge in [-0.15, -0.1) is 0 Å². The lowest BCUT2D eigenvalue weighted by Gasteiger charge is -2.06. The Morgan fingerprint density at radius 1 is 1.79 bits per heavy atom. The van der Waals surface area contributed by atoms with Crippen molar-refractivity contribution >= 4 is 18.2 Å². The second kappa shape index (κ2) is 3.49. The quantitative estimate of drug-likeness (QED) is 0.728. The molecule has 0 saturated carbocycles. The van der Waals surface area contributed by atoms with E-state index in [2.05, 4.69) is 9.97 Å². The van der Waals surface area contributed by atoms with Crippen LogP contribution in [0.3, 0.4) is 0 Å². The molecule has 1 unspecified atom stereocenters. The molecule has 2 rings (SSSR count). The molecule has 14 heavy (non-hydrogen) atoms. The van der Waals surface area contributed by atoms with E-state index >= 15 is 0 Å². The minimum Gasteiger partial charge on any atom is -0.481 e. The lowest BCUT2D eigenvalue weighted by molar-refractivity contribution is -0.137. The van der Waals surface area contributed by atoms with Gasteiger partial charge in [-0.3, -0.25) is 4.79 Å². The van der Waals surface area contributed by atoms with E-state index in [0.717, 1.165) is 24.1 Å². The van der Waals surface area contributed by atoms with E-state index in [1.807, 2.05) is 0 Å². The summed E-state index contributed by atoms with van der Waals surface area (Å²) in [5, 5.41) is 8.70. The fourth-order valence-corrected chi connectivity index (χ4v) is 2.07. The number of aryl methyl sites for hydroxylation is 1. The standard InChI is InChI=1S/C9H10N2O2S/c12-8(13)3-5-1-2-7-6(5)4-10-9(14)11-7/h4-5H,1-3H2,(H,12,13)(H,10,11,14). The van der Waals surface area contributed by atoms with Gasteiger partial charge in [-0.25, -0.2) is 4.98 Å². The van der Waals surface area contributed by atoms with Gasteiger partial charge in [0.25, 0.3) is 0 Å². The number of rotatable bonds is 2. The fraction of sp³-hybridized carbons (Fsp3) is 0.444. The zero-order chi connectivity index (χ0) is 10.1. The van der Waals surface area contributed by atoms with Crippen molar-refractivity contribution in [2.24, 2.45) is 0 Å². The van der Waals surface area contributed by atoms with Crippen LogP contribution in [-0.2, 0) is 11.2 Å². The van der Waals surface area contributed by atoms with Crippen LogP contribution in [0.4, 0.5) is 0 Å². The van der Waals surface area contributed by atoms with Gasteiger partial charge >= 0.3 is 5.97 Å². The number of carbonyl (C=O) groups is 1. The second-order valence-electron chi connectivity index (χ2n) is 3.46. The smallest absolute Gasteiger partial charge is 0.303 e. The molecule has 0 fully saturated rings. The highest BCUT2D eigenvalue weighted by molar-refractivity contribution is 7.71. The summed E-state index contributed by atoms with van der Waals surface area (Å²) in [7, 11) is 0. The first-order valence-electron chi connectivity index (χ1n) is 4.46. The van der Waals surface area contributed by atoms with Crippen molar-refractivity contribution in [1.82, 2.24) is 9.97 Å². The molecule has 1 aromatic heterocycles. The maximum Gasteiger partial charge on any atom is 0.303 e. The topological polar surface area (TPSA) is 66.0 Å². The molecule has 1 heterocycles. The third-order valence-corrected chi connectivity index (χ3v) is 2.74. The molecule has 5 heteroatoms. The molecule has 1 atom stereocenters. The molecule has 0 aromatic carbocycles. The number of H-pyrrole nitrogens is 1. The van der Waals surface area contributed by atoms with E-state index in [0.29, 0.717) is 4.77 Å². The number of carboxylic acid groups (broad SMARTS) is 1. The predicted molar refractivity (Wildman–Crippen MR) is 52.7 cm³/mol. The van der Waals surface area contributed by atoms with Crippen LogP contribution in [0, 0.1) is 4.77 Å². The van der Waals surface area contributed by atoms with Gasteiger partial charge in [-0.1, -0.05) is 0 Å². The fourth-order valence-electron chi connectivity index (χ4n) is 1.90. The zero-order valence-electron chi connectivity index (χ0n) is 7.49. The average Bonchev–Trinajstić information content (AvgIpc) is 2.47. The van der Waals surface area contributed by atoms with Gasteiger partial charge in [0.15, 0.2) is 4.77 Å². The van der Waals surface area contributed by atoms with Gasteiger partial charge in [-0.2, -0.15) is 0 Å². The molecule has 2 N–H and O–H groups in total. The van der Waals surface area contributed by atoms with Gasteiger partial charge in [0.1, 0.15) is 0 Å².